The number of ether oxygens (including phenoxy) is 1. The molecule has 7 amide bonds. The average Bonchev–Trinajstić information content (AvgIpc) is 2.96. The number of amides is 7. The molecular weight excluding hydrogens is 627 g/mol. The Balaban J connectivity index is 5.41. The van der Waals surface area contributed by atoms with E-state index in [0.717, 1.165) is 7.11 Å². The summed E-state index contributed by atoms with van der Waals surface area (Å²) in [6.07, 6.45) is -7.42. The molecule has 262 valence electrons. The summed E-state index contributed by atoms with van der Waals surface area (Å²) in [5.74, 6) is -8.07. The lowest BCUT2D eigenvalue weighted by atomic mass is 10.1. The zero-order valence-electron chi connectivity index (χ0n) is 26.0. The fraction of sp³-hybridized carbons (Fsp3) is 0.692. The first-order valence-corrected chi connectivity index (χ1v) is 14.1. The summed E-state index contributed by atoms with van der Waals surface area (Å²) in [5, 5.41) is 22.5. The molecule has 20 heteroatoms. The molecule has 0 aromatic rings. The Morgan fingerprint density at radius 1 is 0.717 bits per heavy atom. The van der Waals surface area contributed by atoms with Crippen molar-refractivity contribution >= 4 is 47.3 Å². The highest BCUT2D eigenvalue weighted by atomic mass is 19.4. The van der Waals surface area contributed by atoms with Crippen LogP contribution < -0.4 is 37.6 Å². The van der Waals surface area contributed by atoms with Crippen LogP contribution in [0.25, 0.3) is 0 Å². The molecule has 9 N–H and O–H groups in total. The van der Waals surface area contributed by atoms with Gasteiger partial charge in [0.1, 0.15) is 36.3 Å². The lowest BCUT2D eigenvalue weighted by Gasteiger charge is -2.23. The van der Waals surface area contributed by atoms with E-state index in [1.54, 1.807) is 5.32 Å². The zero-order valence-corrected chi connectivity index (χ0v) is 26.0. The Bertz CT molecular complexity index is 1120. The average molecular weight is 670 g/mol. The normalized spacial score (nSPS) is 15.0. The molecule has 0 rings (SSSR count). The van der Waals surface area contributed by atoms with Crippen molar-refractivity contribution in [3.8, 4) is 0 Å². The van der Waals surface area contributed by atoms with Crippen LogP contribution in [0.5, 0.6) is 0 Å². The maximum Gasteiger partial charge on any atom is 0.471 e. The van der Waals surface area contributed by atoms with Gasteiger partial charge in [0.2, 0.25) is 35.4 Å². The lowest BCUT2D eigenvalue weighted by Crippen LogP contribution is -2.55. The van der Waals surface area contributed by atoms with Crippen molar-refractivity contribution in [2.75, 3.05) is 13.7 Å². The third kappa shape index (κ3) is 16.0. The SMILES string of the molecule is COC(=O)[C@@H](C)NC(=O)[C@@H](C)NC(=O)[C@H](CCCCNC(=O)C(F)(F)F)NC(=O)CC[C@@H](NC(=O)[C@H](C)NC(=O)[C@@H](C)O)C(N)=O. The van der Waals surface area contributed by atoms with Gasteiger partial charge in [0.25, 0.3) is 0 Å². The van der Waals surface area contributed by atoms with Crippen LogP contribution >= 0.6 is 0 Å². The quantitative estimate of drug-likeness (QED) is 0.0515. The fourth-order valence-corrected chi connectivity index (χ4v) is 3.52. The second-order valence-electron chi connectivity index (χ2n) is 10.3. The van der Waals surface area contributed by atoms with Gasteiger partial charge in [0.05, 0.1) is 7.11 Å². The van der Waals surface area contributed by atoms with Crippen molar-refractivity contribution in [1.82, 2.24) is 31.9 Å². The molecule has 0 spiro atoms. The summed E-state index contributed by atoms with van der Waals surface area (Å²) < 4.78 is 41.7. The number of halogens is 3. The maximum absolute atomic E-state index is 13.0. The minimum atomic E-state index is -5.08. The molecule has 0 aliphatic rings. The van der Waals surface area contributed by atoms with Crippen LogP contribution in [0, 0.1) is 0 Å². The van der Waals surface area contributed by atoms with Gasteiger partial charge in [-0.2, -0.15) is 13.2 Å². The summed E-state index contributed by atoms with van der Waals surface area (Å²) >= 11 is 0. The van der Waals surface area contributed by atoms with Crippen LogP contribution in [-0.2, 0) is 43.1 Å². The number of aliphatic hydroxyl groups is 1. The van der Waals surface area contributed by atoms with E-state index in [1.165, 1.54) is 27.7 Å². The zero-order chi connectivity index (χ0) is 35.8. The number of carbonyl (C=O) groups is 8. The Kier molecular flexibility index (Phi) is 17.9. The van der Waals surface area contributed by atoms with Crippen LogP contribution in [0.1, 0.15) is 59.8 Å². The predicted octanol–water partition coefficient (Wildman–Crippen LogP) is -2.86. The van der Waals surface area contributed by atoms with Crippen LogP contribution in [0.4, 0.5) is 13.2 Å². The van der Waals surface area contributed by atoms with Crippen LogP contribution in [0.3, 0.4) is 0 Å². The van der Waals surface area contributed by atoms with E-state index in [-0.39, 0.29) is 32.2 Å². The number of alkyl halides is 3. The van der Waals surface area contributed by atoms with E-state index in [4.69, 9.17) is 5.73 Å². The topological polar surface area (TPSA) is 264 Å². The van der Waals surface area contributed by atoms with Gasteiger partial charge in [-0.15, -0.1) is 0 Å². The Labute approximate surface area is 262 Å². The van der Waals surface area contributed by atoms with Gasteiger partial charge in [0.15, 0.2) is 0 Å². The summed E-state index contributed by atoms with van der Waals surface area (Å²) in [5.41, 5.74) is 5.31. The molecule has 0 fully saturated rings. The number of primary amides is 1. The van der Waals surface area contributed by atoms with Gasteiger partial charge in [-0.05, 0) is 53.4 Å². The van der Waals surface area contributed by atoms with E-state index in [1.807, 2.05) is 0 Å². The number of carbonyl (C=O) groups excluding carboxylic acids is 8. The molecular formula is C26H42F3N7O10. The van der Waals surface area contributed by atoms with Crippen molar-refractivity contribution < 1.29 is 61.4 Å². The molecule has 0 bridgehead atoms. The second-order valence-corrected chi connectivity index (χ2v) is 10.3. The van der Waals surface area contributed by atoms with Crippen molar-refractivity contribution in [3.63, 3.8) is 0 Å². The van der Waals surface area contributed by atoms with E-state index in [9.17, 15) is 56.6 Å². The molecule has 0 unspecified atom stereocenters. The van der Waals surface area contributed by atoms with Crippen LogP contribution in [-0.4, -0.2) is 109 Å². The molecule has 0 radical (unpaired) electrons. The summed E-state index contributed by atoms with van der Waals surface area (Å²) in [4.78, 5) is 96.5. The number of nitrogens with one attached hydrogen (secondary N) is 6. The molecule has 46 heavy (non-hydrogen) atoms. The smallest absolute Gasteiger partial charge is 0.467 e. The number of esters is 1. The van der Waals surface area contributed by atoms with E-state index < -0.39 is 96.2 Å². The minimum Gasteiger partial charge on any atom is -0.467 e. The maximum atomic E-state index is 13.0. The van der Waals surface area contributed by atoms with E-state index >= 15 is 0 Å². The molecule has 0 saturated heterocycles. The molecule has 0 aromatic heterocycles. The Hall–Kier alpha value is -4.49. The number of rotatable bonds is 19. The first kappa shape index (κ1) is 41.5. The number of hydrogen-bond donors (Lipinski definition) is 8. The summed E-state index contributed by atoms with van der Waals surface area (Å²) in [6, 6.07) is -6.15. The van der Waals surface area contributed by atoms with Crippen LogP contribution in [0.15, 0.2) is 0 Å². The van der Waals surface area contributed by atoms with Crippen molar-refractivity contribution in [2.24, 2.45) is 5.73 Å². The predicted molar refractivity (Wildman–Crippen MR) is 152 cm³/mol. The molecule has 0 aromatic carbocycles. The molecule has 6 atom stereocenters. The van der Waals surface area contributed by atoms with Gasteiger partial charge in [-0.3, -0.25) is 33.6 Å². The Morgan fingerprint density at radius 3 is 1.74 bits per heavy atom. The number of methoxy groups -OCH3 is 1. The van der Waals surface area contributed by atoms with Crippen molar-refractivity contribution in [1.29, 1.82) is 0 Å². The first-order chi connectivity index (χ1) is 21.2. The number of unbranched alkanes of at least 4 members (excludes halogenated alkanes) is 1. The number of nitrogens with two attached hydrogens (primary N) is 1. The van der Waals surface area contributed by atoms with E-state index in [2.05, 4.69) is 31.3 Å². The number of hydrogen-bond acceptors (Lipinski definition) is 10. The van der Waals surface area contributed by atoms with Crippen LogP contribution in [0.2, 0.25) is 0 Å². The third-order valence-corrected chi connectivity index (χ3v) is 6.23. The fourth-order valence-electron chi connectivity index (χ4n) is 3.52. The standard InChI is InChI=1S/C26H42F3N7O10/c1-12(20(40)34-14(3)24(44)46-5)33-23(43)17(8-6-7-11-31-25(45)26(27,28)29)35-18(38)10-9-16(19(30)39)36-21(41)13(2)32-22(42)15(4)37/h12-17,37H,6-11H2,1-5H3,(H2,30,39)(H,31,45)(H,32,42)(H,33,43)(H,34,40)(H,35,38)(H,36,41)/t12-,13+,14-,15-,16-,17+/m1/s1. The second kappa shape index (κ2) is 19.8. The van der Waals surface area contributed by atoms with Gasteiger partial charge in [-0.1, -0.05) is 0 Å². The molecule has 17 nitrogen and oxygen atoms in total. The largest absolute Gasteiger partial charge is 0.471 e. The molecule has 0 aliphatic carbocycles. The lowest BCUT2D eigenvalue weighted by molar-refractivity contribution is -0.173. The first-order valence-electron chi connectivity index (χ1n) is 14.1. The van der Waals surface area contributed by atoms with Gasteiger partial charge in [0, 0.05) is 13.0 Å². The molecule has 0 aliphatic heterocycles. The highest BCUT2D eigenvalue weighted by Gasteiger charge is 2.38. The minimum absolute atomic E-state index is 0.0201. The summed E-state index contributed by atoms with van der Waals surface area (Å²) in [7, 11) is 1.11. The van der Waals surface area contributed by atoms with Crippen molar-refractivity contribution in [3.05, 3.63) is 0 Å². The van der Waals surface area contributed by atoms with Gasteiger partial charge >= 0.3 is 18.1 Å². The van der Waals surface area contributed by atoms with Gasteiger partial charge < -0.3 is 47.5 Å². The van der Waals surface area contributed by atoms with Gasteiger partial charge in [-0.25, -0.2) is 4.79 Å². The summed E-state index contributed by atoms with van der Waals surface area (Å²) in [6.45, 7) is 4.68. The molecule has 0 saturated carbocycles. The Morgan fingerprint density at radius 2 is 1.24 bits per heavy atom. The third-order valence-electron chi connectivity index (χ3n) is 6.23. The monoisotopic (exact) mass is 669 g/mol. The molecule has 0 heterocycles. The highest BCUT2D eigenvalue weighted by molar-refractivity contribution is 5.94. The number of aliphatic hydroxyl groups excluding tert-OH is 1. The highest BCUT2D eigenvalue weighted by Crippen LogP contribution is 2.14. The van der Waals surface area contributed by atoms with E-state index in [0.29, 0.717) is 0 Å². The van der Waals surface area contributed by atoms with Crippen molar-refractivity contribution in [2.45, 2.75) is 102 Å².